The molecular weight excluding hydrogens is 177 g/mol. The van der Waals surface area contributed by atoms with Gasteiger partial charge in [0.1, 0.15) is 5.82 Å². The third-order valence-electron chi connectivity index (χ3n) is 2.42. The first-order valence-corrected chi connectivity index (χ1v) is 5.16. The highest BCUT2D eigenvalue weighted by atomic mass is 19.1. The molecule has 2 heteroatoms. The Kier molecular flexibility index (Phi) is 4.08. The first-order chi connectivity index (χ1) is 6.65. The molecule has 0 bridgehead atoms. The summed E-state index contributed by atoms with van der Waals surface area (Å²) in [6.07, 6.45) is 3.01. The van der Waals surface area contributed by atoms with E-state index >= 15 is 0 Å². The van der Waals surface area contributed by atoms with Crippen LogP contribution in [0.15, 0.2) is 18.2 Å². The minimum absolute atomic E-state index is 0.158. The molecule has 0 saturated heterocycles. The Morgan fingerprint density at radius 3 is 2.79 bits per heavy atom. The van der Waals surface area contributed by atoms with Crippen LogP contribution in [0.3, 0.4) is 0 Å². The molecule has 0 heterocycles. The second-order valence-electron chi connectivity index (χ2n) is 3.77. The van der Waals surface area contributed by atoms with Crippen LogP contribution >= 0.6 is 0 Å². The number of benzene rings is 1. The highest BCUT2D eigenvalue weighted by Gasteiger charge is 2.10. The summed E-state index contributed by atoms with van der Waals surface area (Å²) in [5, 5.41) is 0. The largest absolute Gasteiger partial charge is 0.324 e. The van der Waals surface area contributed by atoms with Gasteiger partial charge in [0.05, 0.1) is 0 Å². The summed E-state index contributed by atoms with van der Waals surface area (Å²) >= 11 is 0. The third kappa shape index (κ3) is 2.81. The summed E-state index contributed by atoms with van der Waals surface area (Å²) in [4.78, 5) is 0. The molecule has 14 heavy (non-hydrogen) atoms. The summed E-state index contributed by atoms with van der Waals surface area (Å²) in [7, 11) is 0. The topological polar surface area (TPSA) is 26.0 Å². The van der Waals surface area contributed by atoms with Crippen molar-refractivity contribution in [2.75, 3.05) is 0 Å². The zero-order chi connectivity index (χ0) is 10.6. The fourth-order valence-corrected chi connectivity index (χ4v) is 1.53. The van der Waals surface area contributed by atoms with Gasteiger partial charge in [-0.05, 0) is 19.4 Å². The van der Waals surface area contributed by atoms with E-state index in [0.29, 0.717) is 5.56 Å². The van der Waals surface area contributed by atoms with E-state index in [1.165, 1.54) is 6.07 Å². The standard InChI is InChI=1S/C12H18FN/c1-3-4-5-12(14)10-8-9(2)6-7-11(10)13/h6-8,12H,3-5,14H2,1-2H3. The molecule has 78 valence electrons. The van der Waals surface area contributed by atoms with Gasteiger partial charge in [0, 0.05) is 11.6 Å². The van der Waals surface area contributed by atoms with Crippen LogP contribution in [0.2, 0.25) is 0 Å². The molecule has 0 spiro atoms. The van der Waals surface area contributed by atoms with Crippen LogP contribution in [-0.4, -0.2) is 0 Å². The van der Waals surface area contributed by atoms with Crippen LogP contribution in [0.1, 0.15) is 43.4 Å². The van der Waals surface area contributed by atoms with Gasteiger partial charge in [0.15, 0.2) is 0 Å². The molecule has 0 radical (unpaired) electrons. The number of unbranched alkanes of at least 4 members (excludes halogenated alkanes) is 1. The molecule has 2 N–H and O–H groups in total. The molecule has 0 amide bonds. The lowest BCUT2D eigenvalue weighted by atomic mass is 10.00. The Bertz CT molecular complexity index is 296. The SMILES string of the molecule is CCCCC(N)c1cc(C)ccc1F. The van der Waals surface area contributed by atoms with Crippen molar-refractivity contribution in [2.45, 2.75) is 39.2 Å². The molecule has 1 aromatic carbocycles. The van der Waals surface area contributed by atoms with Gasteiger partial charge in [-0.1, -0.05) is 37.5 Å². The fraction of sp³-hybridized carbons (Fsp3) is 0.500. The number of rotatable bonds is 4. The number of nitrogens with two attached hydrogens (primary N) is 1. The molecule has 1 nitrogen and oxygen atoms in total. The van der Waals surface area contributed by atoms with Crippen molar-refractivity contribution in [3.63, 3.8) is 0 Å². The lowest BCUT2D eigenvalue weighted by Gasteiger charge is -2.12. The maximum absolute atomic E-state index is 13.4. The Hall–Kier alpha value is -0.890. The number of hydrogen-bond acceptors (Lipinski definition) is 1. The minimum Gasteiger partial charge on any atom is -0.324 e. The highest BCUT2D eigenvalue weighted by molar-refractivity contribution is 5.26. The highest BCUT2D eigenvalue weighted by Crippen LogP contribution is 2.20. The molecule has 0 saturated carbocycles. The molecule has 1 aromatic rings. The summed E-state index contributed by atoms with van der Waals surface area (Å²) in [6.45, 7) is 4.06. The van der Waals surface area contributed by atoms with Gasteiger partial charge in [0.25, 0.3) is 0 Å². The summed E-state index contributed by atoms with van der Waals surface area (Å²) in [5.74, 6) is -0.181. The van der Waals surface area contributed by atoms with E-state index in [1.54, 1.807) is 6.07 Å². The van der Waals surface area contributed by atoms with Gasteiger partial charge >= 0.3 is 0 Å². The Balaban J connectivity index is 2.77. The zero-order valence-corrected chi connectivity index (χ0v) is 8.89. The lowest BCUT2D eigenvalue weighted by molar-refractivity contribution is 0.547. The second-order valence-corrected chi connectivity index (χ2v) is 3.77. The van der Waals surface area contributed by atoms with E-state index < -0.39 is 0 Å². The van der Waals surface area contributed by atoms with Gasteiger partial charge in [-0.25, -0.2) is 4.39 Å². The predicted molar refractivity (Wildman–Crippen MR) is 57.6 cm³/mol. The zero-order valence-electron chi connectivity index (χ0n) is 8.89. The molecule has 1 unspecified atom stereocenters. The van der Waals surface area contributed by atoms with E-state index in [4.69, 9.17) is 5.73 Å². The summed E-state index contributed by atoms with van der Waals surface area (Å²) in [6, 6.07) is 4.95. The van der Waals surface area contributed by atoms with Crippen LogP contribution in [0.5, 0.6) is 0 Å². The number of aryl methyl sites for hydroxylation is 1. The smallest absolute Gasteiger partial charge is 0.127 e. The number of hydrogen-bond donors (Lipinski definition) is 1. The summed E-state index contributed by atoms with van der Waals surface area (Å²) < 4.78 is 13.4. The maximum atomic E-state index is 13.4. The van der Waals surface area contributed by atoms with E-state index in [-0.39, 0.29) is 11.9 Å². The monoisotopic (exact) mass is 195 g/mol. The predicted octanol–water partition coefficient (Wildman–Crippen LogP) is 3.32. The van der Waals surface area contributed by atoms with E-state index in [1.807, 2.05) is 13.0 Å². The van der Waals surface area contributed by atoms with E-state index in [2.05, 4.69) is 6.92 Å². The fourth-order valence-electron chi connectivity index (χ4n) is 1.53. The van der Waals surface area contributed by atoms with Crippen LogP contribution in [0.4, 0.5) is 4.39 Å². The van der Waals surface area contributed by atoms with Crippen LogP contribution < -0.4 is 5.73 Å². The Labute approximate surface area is 85.1 Å². The van der Waals surface area contributed by atoms with Gasteiger partial charge in [-0.2, -0.15) is 0 Å². The van der Waals surface area contributed by atoms with Gasteiger partial charge in [0.2, 0.25) is 0 Å². The quantitative estimate of drug-likeness (QED) is 0.783. The summed E-state index contributed by atoms with van der Waals surface area (Å²) in [5.41, 5.74) is 7.63. The van der Waals surface area contributed by atoms with Gasteiger partial charge < -0.3 is 5.73 Å². The average molecular weight is 195 g/mol. The Morgan fingerprint density at radius 1 is 1.43 bits per heavy atom. The van der Waals surface area contributed by atoms with Crippen molar-refractivity contribution >= 4 is 0 Å². The molecule has 0 fully saturated rings. The normalized spacial score (nSPS) is 12.9. The first kappa shape index (κ1) is 11.2. The van der Waals surface area contributed by atoms with Crippen molar-refractivity contribution in [3.05, 3.63) is 35.1 Å². The molecule has 1 atom stereocenters. The van der Waals surface area contributed by atoms with Crippen molar-refractivity contribution in [1.29, 1.82) is 0 Å². The van der Waals surface area contributed by atoms with Crippen molar-refractivity contribution in [2.24, 2.45) is 5.73 Å². The molecule has 0 aliphatic rings. The molecule has 0 aromatic heterocycles. The van der Waals surface area contributed by atoms with Crippen LogP contribution in [-0.2, 0) is 0 Å². The van der Waals surface area contributed by atoms with E-state index in [0.717, 1.165) is 24.8 Å². The number of halogens is 1. The second kappa shape index (κ2) is 5.11. The van der Waals surface area contributed by atoms with E-state index in [9.17, 15) is 4.39 Å². The lowest BCUT2D eigenvalue weighted by Crippen LogP contribution is -2.12. The third-order valence-corrected chi connectivity index (χ3v) is 2.42. The van der Waals surface area contributed by atoms with Crippen molar-refractivity contribution < 1.29 is 4.39 Å². The molecular formula is C12H18FN. The van der Waals surface area contributed by atoms with Crippen LogP contribution in [0, 0.1) is 12.7 Å². The van der Waals surface area contributed by atoms with Crippen molar-refractivity contribution in [1.82, 2.24) is 0 Å². The average Bonchev–Trinajstić information content (AvgIpc) is 2.18. The van der Waals surface area contributed by atoms with Crippen LogP contribution in [0.25, 0.3) is 0 Å². The maximum Gasteiger partial charge on any atom is 0.127 e. The Morgan fingerprint density at radius 2 is 2.14 bits per heavy atom. The van der Waals surface area contributed by atoms with Gasteiger partial charge in [-0.15, -0.1) is 0 Å². The molecule has 1 rings (SSSR count). The first-order valence-electron chi connectivity index (χ1n) is 5.16. The van der Waals surface area contributed by atoms with Crippen molar-refractivity contribution in [3.8, 4) is 0 Å². The van der Waals surface area contributed by atoms with Gasteiger partial charge in [-0.3, -0.25) is 0 Å². The minimum atomic E-state index is -0.181. The molecule has 0 aliphatic heterocycles. The molecule has 0 aliphatic carbocycles.